The molecule has 0 atom stereocenters. The van der Waals surface area contributed by atoms with Crippen molar-refractivity contribution in [2.24, 2.45) is 10.2 Å². The molecule has 120 valence electrons. The van der Waals surface area contributed by atoms with Crippen LogP contribution in [0.1, 0.15) is 5.56 Å². The molecule has 0 aliphatic heterocycles. The quantitative estimate of drug-likeness (QED) is 0.369. The largest absolute Gasteiger partial charge is 0.378 e. The van der Waals surface area contributed by atoms with Gasteiger partial charge in [-0.2, -0.15) is 5.26 Å². The maximum Gasteiger partial charge on any atom is 0.231 e. The SMILES string of the molecule is CN(C)c1ccc(N=Nc2nc3ccc(C#N)cc3s2)c(SS)c1. The molecule has 24 heavy (non-hydrogen) atoms. The fourth-order valence-corrected chi connectivity index (χ4v) is 3.70. The number of thiol groups is 1. The number of benzene rings is 2. The molecule has 0 saturated heterocycles. The lowest BCUT2D eigenvalue weighted by Gasteiger charge is -2.13. The number of hydrogen-bond acceptors (Lipinski definition) is 8. The summed E-state index contributed by atoms with van der Waals surface area (Å²) in [7, 11) is 5.31. The van der Waals surface area contributed by atoms with E-state index >= 15 is 0 Å². The van der Waals surface area contributed by atoms with Crippen molar-refractivity contribution in [3.05, 3.63) is 42.0 Å². The van der Waals surface area contributed by atoms with Crippen molar-refractivity contribution in [3.63, 3.8) is 0 Å². The maximum absolute atomic E-state index is 8.95. The highest BCUT2D eigenvalue weighted by Gasteiger charge is 2.07. The van der Waals surface area contributed by atoms with E-state index in [4.69, 9.17) is 5.26 Å². The summed E-state index contributed by atoms with van der Waals surface area (Å²) in [6.45, 7) is 0. The van der Waals surface area contributed by atoms with Crippen molar-refractivity contribution >= 4 is 60.5 Å². The van der Waals surface area contributed by atoms with Crippen molar-refractivity contribution < 1.29 is 0 Å². The number of nitrogens with zero attached hydrogens (tertiary/aromatic N) is 5. The molecule has 0 fully saturated rings. The molecular weight excluding hydrogens is 358 g/mol. The Morgan fingerprint density at radius 1 is 1.21 bits per heavy atom. The van der Waals surface area contributed by atoms with Crippen LogP contribution >= 0.6 is 33.8 Å². The van der Waals surface area contributed by atoms with Gasteiger partial charge in [0, 0.05) is 24.7 Å². The number of rotatable bonds is 4. The van der Waals surface area contributed by atoms with E-state index in [-0.39, 0.29) is 0 Å². The first-order valence-electron chi connectivity index (χ1n) is 6.96. The average molecular weight is 372 g/mol. The third kappa shape index (κ3) is 3.53. The van der Waals surface area contributed by atoms with Crippen LogP contribution in [0.4, 0.5) is 16.5 Å². The van der Waals surface area contributed by atoms with Crippen LogP contribution in [0.5, 0.6) is 0 Å². The molecule has 0 unspecified atom stereocenters. The molecule has 0 radical (unpaired) electrons. The molecule has 0 aliphatic rings. The van der Waals surface area contributed by atoms with Gasteiger partial charge in [-0.1, -0.05) is 22.1 Å². The first-order chi connectivity index (χ1) is 11.6. The highest BCUT2D eigenvalue weighted by molar-refractivity contribution is 8.68. The lowest BCUT2D eigenvalue weighted by atomic mass is 10.2. The Morgan fingerprint density at radius 2 is 2.04 bits per heavy atom. The van der Waals surface area contributed by atoms with Crippen molar-refractivity contribution in [1.82, 2.24) is 4.98 Å². The molecule has 1 aromatic heterocycles. The molecule has 8 heteroatoms. The van der Waals surface area contributed by atoms with Crippen LogP contribution in [-0.4, -0.2) is 19.1 Å². The highest BCUT2D eigenvalue weighted by Crippen LogP contribution is 2.36. The van der Waals surface area contributed by atoms with Crippen molar-refractivity contribution in [3.8, 4) is 6.07 Å². The summed E-state index contributed by atoms with van der Waals surface area (Å²) >= 11 is 5.70. The van der Waals surface area contributed by atoms with E-state index in [0.29, 0.717) is 10.7 Å². The van der Waals surface area contributed by atoms with Crippen LogP contribution in [-0.2, 0) is 0 Å². The Morgan fingerprint density at radius 3 is 2.75 bits per heavy atom. The summed E-state index contributed by atoms with van der Waals surface area (Å²) in [6.07, 6.45) is 0. The van der Waals surface area contributed by atoms with E-state index in [1.165, 1.54) is 22.1 Å². The van der Waals surface area contributed by atoms with Gasteiger partial charge in [-0.3, -0.25) is 0 Å². The summed E-state index contributed by atoms with van der Waals surface area (Å²) in [5, 5.41) is 18.1. The second-order valence-corrected chi connectivity index (χ2v) is 7.31. The van der Waals surface area contributed by atoms with Crippen LogP contribution in [0.15, 0.2) is 51.5 Å². The van der Waals surface area contributed by atoms with Crippen molar-refractivity contribution in [2.75, 3.05) is 19.0 Å². The second kappa shape index (κ2) is 7.21. The summed E-state index contributed by atoms with van der Waals surface area (Å²) in [5.41, 5.74) is 3.26. The van der Waals surface area contributed by atoms with Gasteiger partial charge in [0.15, 0.2) is 0 Å². The number of aromatic nitrogens is 1. The van der Waals surface area contributed by atoms with Crippen molar-refractivity contribution in [2.45, 2.75) is 4.90 Å². The van der Waals surface area contributed by atoms with E-state index < -0.39 is 0 Å². The molecule has 5 nitrogen and oxygen atoms in total. The predicted octanol–water partition coefficient (Wildman–Crippen LogP) is 5.59. The zero-order chi connectivity index (χ0) is 17.1. The average Bonchev–Trinajstić information content (AvgIpc) is 3.01. The third-order valence-electron chi connectivity index (χ3n) is 3.31. The number of nitriles is 1. The van der Waals surface area contributed by atoms with Gasteiger partial charge in [0.1, 0.15) is 5.69 Å². The molecule has 0 saturated carbocycles. The zero-order valence-corrected chi connectivity index (χ0v) is 15.5. The summed E-state index contributed by atoms with van der Waals surface area (Å²) in [5.74, 6) is 0. The van der Waals surface area contributed by atoms with Gasteiger partial charge in [-0.05, 0) is 36.4 Å². The van der Waals surface area contributed by atoms with Gasteiger partial charge < -0.3 is 4.90 Å². The Kier molecular flexibility index (Phi) is 5.04. The summed E-state index contributed by atoms with van der Waals surface area (Å²) in [4.78, 5) is 7.37. The minimum atomic E-state index is 0.562. The Labute approximate surface area is 152 Å². The topological polar surface area (TPSA) is 64.6 Å². The summed E-state index contributed by atoms with van der Waals surface area (Å²) < 4.78 is 0.926. The fraction of sp³-hybridized carbons (Fsp3) is 0.125. The lowest BCUT2D eigenvalue weighted by molar-refractivity contribution is 1.11. The first-order valence-corrected chi connectivity index (χ1v) is 9.64. The van der Waals surface area contributed by atoms with Crippen LogP contribution < -0.4 is 4.90 Å². The monoisotopic (exact) mass is 371 g/mol. The Hall–Kier alpha value is -2.08. The van der Waals surface area contributed by atoms with E-state index in [9.17, 15) is 0 Å². The van der Waals surface area contributed by atoms with E-state index in [1.807, 2.05) is 49.3 Å². The molecule has 0 amide bonds. The number of hydrogen-bond donors (Lipinski definition) is 1. The molecule has 2 aromatic carbocycles. The van der Waals surface area contributed by atoms with Gasteiger partial charge in [-0.15, -0.1) is 21.9 Å². The molecule has 3 aromatic rings. The Bertz CT molecular complexity index is 956. The minimum Gasteiger partial charge on any atom is -0.378 e. The molecule has 0 aliphatic carbocycles. The van der Waals surface area contributed by atoms with Crippen LogP contribution in [0, 0.1) is 11.3 Å². The van der Waals surface area contributed by atoms with Gasteiger partial charge in [0.05, 0.1) is 21.8 Å². The standard InChI is InChI=1S/C16H13N5S3/c1-21(2)11-4-6-13(15(8-11)24-22)19-20-16-18-12-5-3-10(9-17)7-14(12)23-16/h3-8,22H,1-2H3. The highest BCUT2D eigenvalue weighted by atomic mass is 33.1. The number of thiazole rings is 1. The smallest absolute Gasteiger partial charge is 0.231 e. The number of azo groups is 1. The van der Waals surface area contributed by atoms with E-state index in [0.717, 1.165) is 26.5 Å². The van der Waals surface area contributed by atoms with Crippen LogP contribution in [0.3, 0.4) is 0 Å². The zero-order valence-electron chi connectivity index (χ0n) is 13.0. The number of anilines is 1. The van der Waals surface area contributed by atoms with Gasteiger partial charge in [-0.25, -0.2) is 4.98 Å². The van der Waals surface area contributed by atoms with E-state index in [1.54, 1.807) is 6.07 Å². The van der Waals surface area contributed by atoms with Crippen molar-refractivity contribution in [1.29, 1.82) is 5.26 Å². The molecule has 0 N–H and O–H groups in total. The second-order valence-electron chi connectivity index (χ2n) is 5.13. The van der Waals surface area contributed by atoms with E-state index in [2.05, 4.69) is 32.9 Å². The Balaban J connectivity index is 1.92. The normalized spacial score (nSPS) is 11.1. The molecule has 3 rings (SSSR count). The molecule has 0 spiro atoms. The van der Waals surface area contributed by atoms with Crippen LogP contribution in [0.25, 0.3) is 10.2 Å². The van der Waals surface area contributed by atoms with Gasteiger partial charge >= 0.3 is 0 Å². The fourth-order valence-electron chi connectivity index (χ4n) is 2.06. The predicted molar refractivity (Wildman–Crippen MR) is 104 cm³/mol. The third-order valence-corrected chi connectivity index (χ3v) is 5.32. The van der Waals surface area contributed by atoms with Gasteiger partial charge in [0.25, 0.3) is 0 Å². The lowest BCUT2D eigenvalue weighted by Crippen LogP contribution is -2.08. The molecule has 0 bridgehead atoms. The first kappa shape index (κ1) is 16.8. The van der Waals surface area contributed by atoms with Crippen LogP contribution in [0.2, 0.25) is 0 Å². The van der Waals surface area contributed by atoms with Gasteiger partial charge in [0.2, 0.25) is 5.13 Å². The minimum absolute atomic E-state index is 0.562. The molecule has 1 heterocycles. The number of fused-ring (bicyclic) bond motifs is 1. The molecular formula is C16H13N5S3. The maximum atomic E-state index is 8.95. The summed E-state index contributed by atoms with van der Waals surface area (Å²) in [6, 6.07) is 13.4.